The van der Waals surface area contributed by atoms with Crippen LogP contribution in [0.3, 0.4) is 0 Å². The van der Waals surface area contributed by atoms with E-state index in [0.29, 0.717) is 17.5 Å². The van der Waals surface area contributed by atoms with Gasteiger partial charge in [-0.25, -0.2) is 0 Å². The summed E-state index contributed by atoms with van der Waals surface area (Å²) in [5.41, 5.74) is 1.52. The van der Waals surface area contributed by atoms with Gasteiger partial charge >= 0.3 is 0 Å². The first-order chi connectivity index (χ1) is 9.25. The molecule has 1 fully saturated rings. The van der Waals surface area contributed by atoms with Crippen LogP contribution in [0.5, 0.6) is 0 Å². The number of fused-ring (bicyclic) bond motifs is 1. The zero-order valence-corrected chi connectivity index (χ0v) is 10.2. The summed E-state index contributed by atoms with van der Waals surface area (Å²) in [4.78, 5) is 14.9. The maximum Gasteiger partial charge on any atom is 0.278 e. The normalized spacial score (nSPS) is 18.6. The number of pyridine rings is 1. The number of non-ortho nitro benzene ring substituents is 1. The molecule has 1 aliphatic rings. The van der Waals surface area contributed by atoms with Crippen molar-refractivity contribution >= 4 is 22.3 Å². The fourth-order valence-electron chi connectivity index (χ4n) is 2.30. The summed E-state index contributed by atoms with van der Waals surface area (Å²) in [5.74, 6) is 0. The van der Waals surface area contributed by atoms with Crippen molar-refractivity contribution in [2.45, 2.75) is 12.5 Å². The zero-order chi connectivity index (χ0) is 13.2. The lowest BCUT2D eigenvalue weighted by Crippen LogP contribution is -2.19. The lowest BCUT2D eigenvalue weighted by atomic mass is 10.1. The smallest absolute Gasteiger partial charge is 0.278 e. The Kier molecular flexibility index (Phi) is 3.00. The van der Waals surface area contributed by atoms with Crippen molar-refractivity contribution in [2.24, 2.45) is 0 Å². The van der Waals surface area contributed by atoms with Crippen LogP contribution in [0.2, 0.25) is 0 Å². The molecular formula is C13H13N3O3. The number of rotatable bonds is 3. The van der Waals surface area contributed by atoms with E-state index in [1.807, 2.05) is 0 Å². The van der Waals surface area contributed by atoms with Crippen LogP contribution in [0, 0.1) is 10.1 Å². The average Bonchev–Trinajstić information content (AvgIpc) is 2.91. The number of benzene rings is 1. The molecule has 1 aliphatic heterocycles. The molecule has 0 amide bonds. The molecule has 1 aromatic heterocycles. The van der Waals surface area contributed by atoms with Crippen molar-refractivity contribution in [1.82, 2.24) is 4.98 Å². The Morgan fingerprint density at radius 2 is 2.32 bits per heavy atom. The number of nitro benzene ring substituents is 1. The summed E-state index contributed by atoms with van der Waals surface area (Å²) in [5, 5.41) is 14.9. The van der Waals surface area contributed by atoms with E-state index in [0.717, 1.165) is 18.7 Å². The second-order valence-corrected chi connectivity index (χ2v) is 4.49. The van der Waals surface area contributed by atoms with Crippen LogP contribution < -0.4 is 5.32 Å². The van der Waals surface area contributed by atoms with Gasteiger partial charge in [-0.3, -0.25) is 15.1 Å². The molecule has 98 valence electrons. The highest BCUT2D eigenvalue weighted by Gasteiger charge is 2.19. The van der Waals surface area contributed by atoms with Gasteiger partial charge in [0.2, 0.25) is 0 Å². The van der Waals surface area contributed by atoms with Gasteiger partial charge in [0.25, 0.3) is 5.69 Å². The Morgan fingerprint density at radius 1 is 1.42 bits per heavy atom. The third-order valence-corrected chi connectivity index (χ3v) is 3.23. The first-order valence-corrected chi connectivity index (χ1v) is 6.12. The first-order valence-electron chi connectivity index (χ1n) is 6.12. The SMILES string of the molecule is O=[N+]([O-])c1ccc(NC2CCOC2)c2ncccc12. The Morgan fingerprint density at radius 3 is 3.05 bits per heavy atom. The molecule has 6 nitrogen and oxygen atoms in total. The number of nitrogens with zero attached hydrogens (tertiary/aromatic N) is 2. The molecule has 1 unspecified atom stereocenters. The van der Waals surface area contributed by atoms with Gasteiger partial charge in [-0.05, 0) is 24.6 Å². The molecule has 0 radical (unpaired) electrons. The summed E-state index contributed by atoms with van der Waals surface area (Å²) in [6, 6.07) is 6.90. The zero-order valence-electron chi connectivity index (χ0n) is 10.2. The van der Waals surface area contributed by atoms with Crippen molar-refractivity contribution in [2.75, 3.05) is 18.5 Å². The summed E-state index contributed by atoms with van der Waals surface area (Å²) >= 11 is 0. The lowest BCUT2D eigenvalue weighted by molar-refractivity contribution is -0.383. The van der Waals surface area contributed by atoms with Crippen molar-refractivity contribution in [3.05, 3.63) is 40.6 Å². The molecule has 2 aromatic rings. The Labute approximate surface area is 109 Å². The van der Waals surface area contributed by atoms with Crippen molar-refractivity contribution in [1.29, 1.82) is 0 Å². The minimum absolute atomic E-state index is 0.0799. The molecule has 0 aliphatic carbocycles. The fraction of sp³-hybridized carbons (Fsp3) is 0.308. The van der Waals surface area contributed by atoms with E-state index < -0.39 is 0 Å². The molecule has 0 spiro atoms. The monoisotopic (exact) mass is 259 g/mol. The van der Waals surface area contributed by atoms with Gasteiger partial charge in [0.15, 0.2) is 0 Å². The highest BCUT2D eigenvalue weighted by Crippen LogP contribution is 2.30. The summed E-state index contributed by atoms with van der Waals surface area (Å²) < 4.78 is 5.31. The molecule has 1 atom stereocenters. The third-order valence-electron chi connectivity index (χ3n) is 3.23. The van der Waals surface area contributed by atoms with Crippen LogP contribution in [0.25, 0.3) is 10.9 Å². The summed E-state index contributed by atoms with van der Waals surface area (Å²) in [6.07, 6.45) is 2.58. The van der Waals surface area contributed by atoms with Gasteiger partial charge in [0.05, 0.1) is 28.6 Å². The van der Waals surface area contributed by atoms with E-state index in [-0.39, 0.29) is 16.7 Å². The molecule has 3 rings (SSSR count). The average molecular weight is 259 g/mol. The van der Waals surface area contributed by atoms with E-state index in [1.165, 1.54) is 6.07 Å². The quantitative estimate of drug-likeness (QED) is 0.676. The fourth-order valence-corrected chi connectivity index (χ4v) is 2.30. The molecule has 1 aromatic carbocycles. The highest BCUT2D eigenvalue weighted by molar-refractivity contribution is 5.96. The number of hydrogen-bond donors (Lipinski definition) is 1. The minimum atomic E-state index is -0.382. The van der Waals surface area contributed by atoms with Gasteiger partial charge in [-0.15, -0.1) is 0 Å². The number of hydrogen-bond acceptors (Lipinski definition) is 5. The third kappa shape index (κ3) is 2.22. The lowest BCUT2D eigenvalue weighted by Gasteiger charge is -2.13. The van der Waals surface area contributed by atoms with E-state index in [2.05, 4.69) is 10.3 Å². The van der Waals surface area contributed by atoms with Crippen LogP contribution in [0.1, 0.15) is 6.42 Å². The van der Waals surface area contributed by atoms with Gasteiger partial charge in [0, 0.05) is 18.9 Å². The van der Waals surface area contributed by atoms with E-state index in [1.54, 1.807) is 24.4 Å². The molecule has 0 saturated carbocycles. The van der Waals surface area contributed by atoms with Crippen LogP contribution in [0.4, 0.5) is 11.4 Å². The Hall–Kier alpha value is -2.21. The maximum atomic E-state index is 11.0. The standard InChI is InChI=1S/C13H13N3O3/c17-16(18)12-4-3-11(15-9-5-7-19-8-9)13-10(12)2-1-6-14-13/h1-4,6,9,15H,5,7-8H2. The molecule has 6 heteroatoms. The number of nitro groups is 1. The largest absolute Gasteiger partial charge is 0.379 e. The van der Waals surface area contributed by atoms with Gasteiger partial charge in [0.1, 0.15) is 5.52 Å². The molecule has 2 heterocycles. The summed E-state index contributed by atoms with van der Waals surface area (Å²) in [6.45, 7) is 1.40. The van der Waals surface area contributed by atoms with Crippen LogP contribution in [-0.2, 0) is 4.74 Å². The Bertz CT molecular complexity index is 624. The van der Waals surface area contributed by atoms with E-state index >= 15 is 0 Å². The van der Waals surface area contributed by atoms with Crippen molar-refractivity contribution < 1.29 is 9.66 Å². The van der Waals surface area contributed by atoms with Crippen LogP contribution in [0.15, 0.2) is 30.5 Å². The highest BCUT2D eigenvalue weighted by atomic mass is 16.6. The minimum Gasteiger partial charge on any atom is -0.379 e. The van der Waals surface area contributed by atoms with Crippen LogP contribution >= 0.6 is 0 Å². The van der Waals surface area contributed by atoms with Gasteiger partial charge in [-0.1, -0.05) is 0 Å². The molecule has 1 N–H and O–H groups in total. The van der Waals surface area contributed by atoms with Gasteiger partial charge in [-0.2, -0.15) is 0 Å². The predicted octanol–water partition coefficient (Wildman–Crippen LogP) is 2.34. The van der Waals surface area contributed by atoms with Crippen LogP contribution in [-0.4, -0.2) is 29.2 Å². The second-order valence-electron chi connectivity index (χ2n) is 4.49. The number of aromatic nitrogens is 1. The van der Waals surface area contributed by atoms with E-state index in [9.17, 15) is 10.1 Å². The summed E-state index contributed by atoms with van der Waals surface area (Å²) in [7, 11) is 0. The number of anilines is 1. The number of ether oxygens (including phenoxy) is 1. The topological polar surface area (TPSA) is 77.3 Å². The maximum absolute atomic E-state index is 11.0. The second kappa shape index (κ2) is 4.81. The van der Waals surface area contributed by atoms with Crippen molar-refractivity contribution in [3.8, 4) is 0 Å². The first kappa shape index (κ1) is 11.9. The predicted molar refractivity (Wildman–Crippen MR) is 71.2 cm³/mol. The number of nitrogens with one attached hydrogen (secondary N) is 1. The van der Waals surface area contributed by atoms with Crippen molar-refractivity contribution in [3.63, 3.8) is 0 Å². The Balaban J connectivity index is 2.05. The van der Waals surface area contributed by atoms with Gasteiger partial charge < -0.3 is 10.1 Å². The molecule has 1 saturated heterocycles. The molecule has 19 heavy (non-hydrogen) atoms. The van der Waals surface area contributed by atoms with E-state index in [4.69, 9.17) is 4.74 Å². The molecular weight excluding hydrogens is 246 g/mol. The molecule has 0 bridgehead atoms.